The number of rotatable bonds is 4. The molecular formula is C21H16N4. The van der Waals surface area contributed by atoms with Gasteiger partial charge >= 0.3 is 0 Å². The van der Waals surface area contributed by atoms with Gasteiger partial charge in [0, 0.05) is 17.1 Å². The molecule has 2 aromatic heterocycles. The van der Waals surface area contributed by atoms with Crippen molar-refractivity contribution in [2.24, 2.45) is 5.10 Å². The number of anilines is 1. The fourth-order valence-electron chi connectivity index (χ4n) is 2.61. The van der Waals surface area contributed by atoms with Gasteiger partial charge in [-0.05, 0) is 30.3 Å². The van der Waals surface area contributed by atoms with E-state index in [4.69, 9.17) is 0 Å². The Kier molecular flexibility index (Phi) is 4.16. The van der Waals surface area contributed by atoms with Crippen molar-refractivity contribution < 1.29 is 0 Å². The normalized spacial score (nSPS) is 11.4. The van der Waals surface area contributed by atoms with Crippen LogP contribution in [0, 0.1) is 0 Å². The van der Waals surface area contributed by atoms with E-state index in [1.54, 1.807) is 6.20 Å². The van der Waals surface area contributed by atoms with Crippen molar-refractivity contribution >= 4 is 22.4 Å². The summed E-state index contributed by atoms with van der Waals surface area (Å²) in [7, 11) is 0. The van der Waals surface area contributed by atoms with Crippen molar-refractivity contribution in [3.63, 3.8) is 0 Å². The highest BCUT2D eigenvalue weighted by atomic mass is 15.3. The zero-order valence-corrected chi connectivity index (χ0v) is 13.5. The molecule has 0 aliphatic carbocycles. The van der Waals surface area contributed by atoms with Gasteiger partial charge in [-0.1, -0.05) is 54.6 Å². The number of aromatic nitrogens is 2. The fraction of sp³-hybridized carbons (Fsp3) is 0. The minimum atomic E-state index is 0.697. The van der Waals surface area contributed by atoms with Gasteiger partial charge in [0.2, 0.25) is 0 Å². The first-order valence-electron chi connectivity index (χ1n) is 8.06. The number of hydrazone groups is 1. The van der Waals surface area contributed by atoms with Crippen LogP contribution in [-0.2, 0) is 0 Å². The molecule has 0 spiro atoms. The van der Waals surface area contributed by atoms with Gasteiger partial charge in [0.25, 0.3) is 0 Å². The first-order valence-corrected chi connectivity index (χ1v) is 8.06. The van der Waals surface area contributed by atoms with Crippen molar-refractivity contribution in [1.29, 1.82) is 0 Å². The Labute approximate surface area is 145 Å². The van der Waals surface area contributed by atoms with E-state index in [0.29, 0.717) is 5.82 Å². The number of fused-ring (bicyclic) bond motifs is 1. The van der Waals surface area contributed by atoms with E-state index in [1.807, 2.05) is 84.9 Å². The maximum absolute atomic E-state index is 4.60. The van der Waals surface area contributed by atoms with E-state index in [2.05, 4.69) is 20.5 Å². The molecule has 0 aliphatic heterocycles. The molecule has 4 nitrogen and oxygen atoms in total. The van der Waals surface area contributed by atoms with Gasteiger partial charge in [0.15, 0.2) is 0 Å². The van der Waals surface area contributed by atoms with Crippen LogP contribution >= 0.6 is 0 Å². The van der Waals surface area contributed by atoms with Gasteiger partial charge in [0.1, 0.15) is 11.5 Å². The Morgan fingerprint density at radius 1 is 0.760 bits per heavy atom. The summed E-state index contributed by atoms with van der Waals surface area (Å²) in [6, 6.07) is 27.8. The summed E-state index contributed by atoms with van der Waals surface area (Å²) in [5.74, 6) is 0.697. The van der Waals surface area contributed by atoms with Crippen molar-refractivity contribution in [2.45, 2.75) is 0 Å². The molecule has 4 heteroatoms. The lowest BCUT2D eigenvalue weighted by molar-refractivity contribution is 1.22. The van der Waals surface area contributed by atoms with Crippen molar-refractivity contribution in [3.05, 3.63) is 102 Å². The molecule has 0 fully saturated rings. The van der Waals surface area contributed by atoms with E-state index >= 15 is 0 Å². The minimum absolute atomic E-state index is 0.697. The van der Waals surface area contributed by atoms with Gasteiger partial charge in [0.05, 0.1) is 11.2 Å². The van der Waals surface area contributed by atoms with Crippen LogP contribution in [0.5, 0.6) is 0 Å². The van der Waals surface area contributed by atoms with Crippen LogP contribution in [0.4, 0.5) is 5.82 Å². The average Bonchev–Trinajstić information content (AvgIpc) is 2.70. The molecule has 2 heterocycles. The Morgan fingerprint density at radius 2 is 1.56 bits per heavy atom. The number of benzene rings is 2. The van der Waals surface area contributed by atoms with Gasteiger partial charge in [-0.3, -0.25) is 10.4 Å². The summed E-state index contributed by atoms with van der Waals surface area (Å²) < 4.78 is 0. The molecule has 25 heavy (non-hydrogen) atoms. The molecule has 4 aromatic rings. The van der Waals surface area contributed by atoms with Gasteiger partial charge < -0.3 is 0 Å². The topological polar surface area (TPSA) is 50.2 Å². The number of nitrogens with zero attached hydrogens (tertiary/aromatic N) is 3. The van der Waals surface area contributed by atoms with Crippen LogP contribution in [0.15, 0.2) is 96.2 Å². The molecular weight excluding hydrogens is 308 g/mol. The molecule has 0 atom stereocenters. The second-order valence-electron chi connectivity index (χ2n) is 5.54. The molecule has 0 radical (unpaired) electrons. The Balaban J connectivity index is 1.71. The van der Waals surface area contributed by atoms with Gasteiger partial charge in [-0.15, -0.1) is 0 Å². The molecule has 2 aromatic carbocycles. The molecule has 0 unspecified atom stereocenters. The Bertz CT molecular complexity index is 970. The number of para-hydroxylation sites is 1. The SMILES string of the molecule is c1ccc(C(=NNc2ccc3ccccc3n2)c2ccccn2)cc1. The summed E-state index contributed by atoms with van der Waals surface area (Å²) in [6.07, 6.45) is 1.77. The second kappa shape index (κ2) is 6.93. The predicted molar refractivity (Wildman–Crippen MR) is 102 cm³/mol. The van der Waals surface area contributed by atoms with E-state index in [0.717, 1.165) is 27.9 Å². The molecule has 0 saturated heterocycles. The lowest BCUT2D eigenvalue weighted by Gasteiger charge is -2.08. The first-order chi connectivity index (χ1) is 12.4. The number of hydrogen-bond donors (Lipinski definition) is 1. The lowest BCUT2D eigenvalue weighted by atomic mass is 10.1. The molecule has 1 N–H and O–H groups in total. The van der Waals surface area contributed by atoms with E-state index in [9.17, 15) is 0 Å². The summed E-state index contributed by atoms with van der Waals surface area (Å²) in [5, 5.41) is 5.68. The second-order valence-corrected chi connectivity index (χ2v) is 5.54. The number of nitrogens with one attached hydrogen (secondary N) is 1. The summed E-state index contributed by atoms with van der Waals surface area (Å²) in [5.41, 5.74) is 6.58. The largest absolute Gasteiger partial charge is 0.261 e. The Hall–Kier alpha value is -3.53. The molecule has 120 valence electrons. The minimum Gasteiger partial charge on any atom is -0.261 e. The average molecular weight is 324 g/mol. The molecule has 4 rings (SSSR count). The zero-order chi connectivity index (χ0) is 16.9. The van der Waals surface area contributed by atoms with Crippen molar-refractivity contribution in [3.8, 4) is 0 Å². The maximum Gasteiger partial charge on any atom is 0.146 e. The van der Waals surface area contributed by atoms with Gasteiger partial charge in [-0.2, -0.15) is 5.10 Å². The third-order valence-corrected chi connectivity index (χ3v) is 3.84. The fourth-order valence-corrected chi connectivity index (χ4v) is 2.61. The molecule has 0 bridgehead atoms. The van der Waals surface area contributed by atoms with Crippen LogP contribution in [0.2, 0.25) is 0 Å². The van der Waals surface area contributed by atoms with Crippen molar-refractivity contribution in [2.75, 3.05) is 5.43 Å². The quantitative estimate of drug-likeness (QED) is 0.444. The highest BCUT2D eigenvalue weighted by molar-refractivity contribution is 6.11. The zero-order valence-electron chi connectivity index (χ0n) is 13.5. The number of pyridine rings is 2. The molecule has 0 aliphatic rings. The van der Waals surface area contributed by atoms with Crippen LogP contribution in [0.3, 0.4) is 0 Å². The third kappa shape index (κ3) is 3.38. The smallest absolute Gasteiger partial charge is 0.146 e. The summed E-state index contributed by atoms with van der Waals surface area (Å²) in [6.45, 7) is 0. The highest BCUT2D eigenvalue weighted by Crippen LogP contribution is 2.15. The first kappa shape index (κ1) is 15.0. The lowest BCUT2D eigenvalue weighted by Crippen LogP contribution is -2.08. The predicted octanol–water partition coefficient (Wildman–Crippen LogP) is 4.49. The summed E-state index contributed by atoms with van der Waals surface area (Å²) in [4.78, 5) is 9.02. The third-order valence-electron chi connectivity index (χ3n) is 3.84. The Morgan fingerprint density at radius 3 is 2.40 bits per heavy atom. The summed E-state index contributed by atoms with van der Waals surface area (Å²) >= 11 is 0. The number of hydrogen-bond acceptors (Lipinski definition) is 4. The monoisotopic (exact) mass is 324 g/mol. The van der Waals surface area contributed by atoms with Gasteiger partial charge in [-0.25, -0.2) is 4.98 Å². The van der Waals surface area contributed by atoms with Crippen molar-refractivity contribution in [1.82, 2.24) is 9.97 Å². The van der Waals surface area contributed by atoms with Crippen LogP contribution in [-0.4, -0.2) is 15.7 Å². The van der Waals surface area contributed by atoms with E-state index in [-0.39, 0.29) is 0 Å². The van der Waals surface area contributed by atoms with Crippen LogP contribution in [0.1, 0.15) is 11.3 Å². The van der Waals surface area contributed by atoms with Crippen LogP contribution in [0.25, 0.3) is 10.9 Å². The molecule has 0 amide bonds. The standard InChI is InChI=1S/C21H16N4/c1-2-9-17(10-3-1)21(19-12-6-7-15-22-19)25-24-20-14-13-16-8-4-5-11-18(16)23-20/h1-15H,(H,23,24). The van der Waals surface area contributed by atoms with E-state index < -0.39 is 0 Å². The van der Waals surface area contributed by atoms with Crippen LogP contribution < -0.4 is 5.43 Å². The maximum atomic E-state index is 4.60. The molecule has 0 saturated carbocycles. The highest BCUT2D eigenvalue weighted by Gasteiger charge is 2.08. The van der Waals surface area contributed by atoms with E-state index in [1.165, 1.54) is 0 Å².